The van der Waals surface area contributed by atoms with Crippen LogP contribution in [-0.4, -0.2) is 46.2 Å². The van der Waals surface area contributed by atoms with E-state index in [0.717, 1.165) is 0 Å². The topological polar surface area (TPSA) is 55.3 Å². The van der Waals surface area contributed by atoms with Gasteiger partial charge >= 0.3 is 6.18 Å². The molecule has 1 aliphatic heterocycles. The second-order valence-corrected chi connectivity index (χ2v) is 8.15. The largest absolute Gasteiger partial charge is 0.475 e. The fraction of sp³-hybridized carbons (Fsp3) is 0.320. The van der Waals surface area contributed by atoms with Crippen molar-refractivity contribution in [3.63, 3.8) is 0 Å². The van der Waals surface area contributed by atoms with Crippen molar-refractivity contribution < 1.29 is 27.1 Å². The van der Waals surface area contributed by atoms with Crippen LogP contribution >= 0.6 is 0 Å². The third-order valence-corrected chi connectivity index (χ3v) is 6.01. The number of aryl methyl sites for hydroxylation is 1. The van der Waals surface area contributed by atoms with Gasteiger partial charge in [0.2, 0.25) is 6.10 Å². The van der Waals surface area contributed by atoms with E-state index in [1.54, 1.807) is 26.0 Å². The van der Waals surface area contributed by atoms with Crippen LogP contribution in [0.1, 0.15) is 34.6 Å². The lowest BCUT2D eigenvalue weighted by Crippen LogP contribution is -2.58. The van der Waals surface area contributed by atoms with E-state index >= 15 is 0 Å². The number of alkyl halides is 4. The zero-order valence-electron chi connectivity index (χ0n) is 18.5. The van der Waals surface area contributed by atoms with Crippen molar-refractivity contribution >= 4 is 5.91 Å². The van der Waals surface area contributed by atoms with Crippen LogP contribution in [0, 0.1) is 18.9 Å². The second kappa shape index (κ2) is 9.40. The maximum absolute atomic E-state index is 14.0. The summed E-state index contributed by atoms with van der Waals surface area (Å²) in [5.41, 5.74) is 0.873. The van der Waals surface area contributed by atoms with Gasteiger partial charge in [0, 0.05) is 48.1 Å². The number of carbonyl (C=O) groups excluding carboxylic acids is 1. The van der Waals surface area contributed by atoms with E-state index in [2.05, 4.69) is 16.0 Å². The molecule has 0 aliphatic carbocycles. The highest BCUT2D eigenvalue weighted by Crippen LogP contribution is 2.41. The maximum Gasteiger partial charge on any atom is 0.429 e. The van der Waals surface area contributed by atoms with Gasteiger partial charge in [0.05, 0.1) is 23.6 Å². The van der Waals surface area contributed by atoms with E-state index in [0.29, 0.717) is 11.4 Å². The lowest BCUT2D eigenvalue weighted by atomic mass is 9.89. The molecule has 1 amide bonds. The number of rotatable bonds is 6. The number of hydrogen-bond donors (Lipinski definition) is 0. The highest BCUT2D eigenvalue weighted by Gasteiger charge is 2.45. The summed E-state index contributed by atoms with van der Waals surface area (Å²) in [5, 5.41) is 0. The molecule has 0 bridgehead atoms. The lowest BCUT2D eigenvalue weighted by Gasteiger charge is -2.45. The van der Waals surface area contributed by atoms with E-state index in [4.69, 9.17) is 4.74 Å². The Labute approximate surface area is 194 Å². The molecule has 0 N–H and O–H groups in total. The Morgan fingerprint density at radius 2 is 1.91 bits per heavy atom. The number of amides is 1. The quantitative estimate of drug-likeness (QED) is 0.453. The van der Waals surface area contributed by atoms with Crippen LogP contribution in [-0.2, 0) is 0 Å². The van der Waals surface area contributed by atoms with E-state index in [1.165, 1.54) is 47.6 Å². The number of halogens is 4. The van der Waals surface area contributed by atoms with Crippen LogP contribution in [0.4, 0.5) is 17.6 Å². The number of likely N-dealkylation sites (tertiary alicyclic amines) is 1. The van der Waals surface area contributed by atoms with Gasteiger partial charge in [-0.05, 0) is 19.9 Å². The van der Waals surface area contributed by atoms with Crippen molar-refractivity contribution in [1.82, 2.24) is 14.9 Å². The maximum atomic E-state index is 14.0. The normalized spacial score (nSPS) is 18.8. The summed E-state index contributed by atoms with van der Waals surface area (Å²) in [4.78, 5) is 23.5. The summed E-state index contributed by atoms with van der Waals surface area (Å²) in [6.45, 7) is 2.96. The summed E-state index contributed by atoms with van der Waals surface area (Å²) in [6, 6.07) is 12.4. The molecular formula is C25H22F4N3O2. The zero-order chi connectivity index (χ0) is 24.5. The van der Waals surface area contributed by atoms with Crippen LogP contribution in [0.5, 0.6) is 5.75 Å². The van der Waals surface area contributed by atoms with Crippen LogP contribution in [0.25, 0.3) is 11.3 Å². The Kier molecular flexibility index (Phi) is 6.54. The molecule has 9 heteroatoms. The molecule has 1 radical (unpaired) electrons. The highest BCUT2D eigenvalue weighted by molar-refractivity contribution is 6.03. The Morgan fingerprint density at radius 1 is 1.21 bits per heavy atom. The van der Waals surface area contributed by atoms with Crippen molar-refractivity contribution in [2.24, 2.45) is 5.92 Å². The van der Waals surface area contributed by atoms with Gasteiger partial charge in [-0.1, -0.05) is 36.4 Å². The van der Waals surface area contributed by atoms with Crippen LogP contribution in [0.15, 0.2) is 54.9 Å². The fourth-order valence-corrected chi connectivity index (χ4v) is 4.00. The summed E-state index contributed by atoms with van der Waals surface area (Å²) in [7, 11) is 0. The molecule has 4 rings (SSSR count). The number of nitrogens with zero attached hydrogens (tertiary/aromatic N) is 3. The minimum absolute atomic E-state index is 0.111. The van der Waals surface area contributed by atoms with Crippen LogP contribution in [0.2, 0.25) is 0 Å². The summed E-state index contributed by atoms with van der Waals surface area (Å²) >= 11 is 0. The van der Waals surface area contributed by atoms with Crippen molar-refractivity contribution in [1.29, 1.82) is 0 Å². The van der Waals surface area contributed by atoms with Gasteiger partial charge in [-0.15, -0.1) is 0 Å². The van der Waals surface area contributed by atoms with E-state index in [-0.39, 0.29) is 34.9 Å². The number of carbonyl (C=O) groups is 1. The average molecular weight is 472 g/mol. The first-order chi connectivity index (χ1) is 16.2. The smallest absolute Gasteiger partial charge is 0.429 e. The van der Waals surface area contributed by atoms with Gasteiger partial charge in [-0.3, -0.25) is 19.2 Å². The molecular weight excluding hydrogens is 450 g/mol. The molecule has 2 aromatic carbocycles. The first kappa shape index (κ1) is 23.7. The molecule has 1 aliphatic rings. The van der Waals surface area contributed by atoms with Gasteiger partial charge in [-0.25, -0.2) is 0 Å². The first-order valence-corrected chi connectivity index (χ1v) is 10.7. The monoisotopic (exact) mass is 472 g/mol. The third-order valence-electron chi connectivity index (χ3n) is 6.01. The molecule has 1 fully saturated rings. The Morgan fingerprint density at radius 3 is 2.53 bits per heavy atom. The zero-order valence-corrected chi connectivity index (χ0v) is 18.5. The second-order valence-electron chi connectivity index (χ2n) is 8.15. The highest BCUT2D eigenvalue weighted by atomic mass is 19.4. The van der Waals surface area contributed by atoms with Gasteiger partial charge < -0.3 is 9.64 Å². The van der Waals surface area contributed by atoms with Crippen molar-refractivity contribution in [2.75, 3.05) is 13.2 Å². The van der Waals surface area contributed by atoms with Gasteiger partial charge in [0.1, 0.15) is 5.75 Å². The Hall–Kier alpha value is -3.49. The molecule has 177 valence electrons. The minimum atomic E-state index is -4.75. The molecule has 5 nitrogen and oxygen atoms in total. The molecule has 3 atom stereocenters. The van der Waals surface area contributed by atoms with Crippen molar-refractivity contribution in [3.05, 3.63) is 77.7 Å². The van der Waals surface area contributed by atoms with Crippen molar-refractivity contribution in [3.8, 4) is 17.0 Å². The molecule has 0 unspecified atom stereocenters. The first-order valence-electron chi connectivity index (χ1n) is 10.7. The molecule has 0 spiro atoms. The molecule has 1 aromatic heterocycles. The third kappa shape index (κ3) is 4.47. The van der Waals surface area contributed by atoms with Gasteiger partial charge in [0.25, 0.3) is 5.91 Å². The predicted molar refractivity (Wildman–Crippen MR) is 117 cm³/mol. The molecule has 1 saturated heterocycles. The number of aromatic nitrogens is 2. The Bertz CT molecular complexity index is 1170. The number of benzene rings is 2. The summed E-state index contributed by atoms with van der Waals surface area (Å²) < 4.78 is 60.7. The summed E-state index contributed by atoms with van der Waals surface area (Å²) in [5.74, 6) is -1.25. The van der Waals surface area contributed by atoms with Gasteiger partial charge in [-0.2, -0.15) is 13.2 Å². The minimum Gasteiger partial charge on any atom is -0.475 e. The van der Waals surface area contributed by atoms with Crippen LogP contribution in [0.3, 0.4) is 0 Å². The Balaban J connectivity index is 1.83. The molecule has 34 heavy (non-hydrogen) atoms. The van der Waals surface area contributed by atoms with E-state index in [9.17, 15) is 22.4 Å². The van der Waals surface area contributed by atoms with E-state index in [1.807, 2.05) is 0 Å². The number of ether oxygens (including phenoxy) is 1. The van der Waals surface area contributed by atoms with E-state index < -0.39 is 30.9 Å². The summed E-state index contributed by atoms with van der Waals surface area (Å²) in [6.07, 6.45) is -4.16. The standard InChI is InChI=1S/C25H22F4N3O2/c1-15-22(31-12-11-30-15)19-9-6-10-20(21(19)24(33)32-14-18(13-26)16(32)2)34-23(25(27,28)29)17-7-4-3-5-8-17/h3-9,11-12,16,18,23H,13-14H2,1-2H3/t16-,18-,23-/m0/s1. The van der Waals surface area contributed by atoms with Crippen LogP contribution < -0.4 is 4.74 Å². The molecule has 0 saturated carbocycles. The lowest BCUT2D eigenvalue weighted by molar-refractivity contribution is -0.198. The fourth-order valence-electron chi connectivity index (χ4n) is 4.00. The predicted octanol–water partition coefficient (Wildman–Crippen LogP) is 5.36. The molecule has 2 heterocycles. The van der Waals surface area contributed by atoms with Gasteiger partial charge in [0.15, 0.2) is 0 Å². The number of hydrogen-bond acceptors (Lipinski definition) is 4. The average Bonchev–Trinajstić information content (AvgIpc) is 2.81. The SMILES string of the molecule is Cc1nccnc1-c1cc[c]c(O[C@@H](c2ccccc2)C(F)(F)F)c1C(=O)N1C[C@H](CF)[C@@H]1C. The molecule has 3 aromatic rings. The van der Waals surface area contributed by atoms with Crippen molar-refractivity contribution in [2.45, 2.75) is 32.2 Å².